The maximum Gasteiger partial charge on any atom is 0.0701 e. The smallest absolute Gasteiger partial charge is 0.0701 e. The van der Waals surface area contributed by atoms with Gasteiger partial charge < -0.3 is 9.80 Å². The van der Waals surface area contributed by atoms with Gasteiger partial charge >= 0.3 is 0 Å². The fourth-order valence-corrected chi connectivity index (χ4v) is 8.66. The van der Waals surface area contributed by atoms with E-state index in [1.807, 2.05) is 48.8 Å². The summed E-state index contributed by atoms with van der Waals surface area (Å²) in [6.45, 7) is 0. The molecule has 0 saturated carbocycles. The van der Waals surface area contributed by atoms with Crippen molar-refractivity contribution in [2.45, 2.75) is 0 Å². The van der Waals surface area contributed by atoms with Crippen molar-refractivity contribution in [3.63, 3.8) is 0 Å². The van der Waals surface area contributed by atoms with Crippen molar-refractivity contribution in [2.24, 2.45) is 0 Å². The van der Waals surface area contributed by atoms with Crippen molar-refractivity contribution in [3.8, 4) is 67.0 Å². The number of rotatable bonds is 4. The average Bonchev–Trinajstić information content (AvgIpc) is 3.36. The molecule has 7 aliphatic rings. The molecule has 8 aromatic carbocycles. The van der Waals surface area contributed by atoms with E-state index in [-0.39, 0.29) is 0 Å². The average molecular weight is 793 g/mol. The molecule has 0 unspecified atom stereocenters. The fourth-order valence-electron chi connectivity index (χ4n) is 8.66. The molecule has 0 N–H and O–H groups in total. The van der Waals surface area contributed by atoms with Crippen LogP contribution in [0.1, 0.15) is 0 Å². The summed E-state index contributed by atoms with van der Waals surface area (Å²) < 4.78 is 0. The largest absolute Gasteiger partial charge is 0.311 e. The molecular formula is C58H40N4. The van der Waals surface area contributed by atoms with Crippen molar-refractivity contribution in [1.82, 2.24) is 9.97 Å². The Kier molecular flexibility index (Phi) is 9.49. The predicted octanol–water partition coefficient (Wildman–Crippen LogP) is 15.7. The number of hydrogen-bond acceptors (Lipinski definition) is 4. The lowest BCUT2D eigenvalue weighted by atomic mass is 9.93. The third-order valence-electron chi connectivity index (χ3n) is 11.8. The second kappa shape index (κ2) is 16.0. The van der Waals surface area contributed by atoms with Crippen LogP contribution in [0.25, 0.3) is 67.0 Å². The number of anilines is 6. The van der Waals surface area contributed by atoms with Gasteiger partial charge in [0.05, 0.1) is 11.4 Å². The van der Waals surface area contributed by atoms with Gasteiger partial charge in [0, 0.05) is 57.6 Å². The normalized spacial score (nSPS) is 11.8. The van der Waals surface area contributed by atoms with Gasteiger partial charge in [-0.15, -0.1) is 0 Å². The van der Waals surface area contributed by atoms with Crippen molar-refractivity contribution in [2.75, 3.05) is 9.80 Å². The Hall–Kier alpha value is -8.34. The van der Waals surface area contributed by atoms with Gasteiger partial charge in [-0.25, -0.2) is 0 Å². The second-order valence-electron chi connectivity index (χ2n) is 15.5. The lowest BCUT2D eigenvalue weighted by Gasteiger charge is -2.27. The van der Waals surface area contributed by atoms with Crippen LogP contribution in [0.3, 0.4) is 0 Å². The molecule has 0 amide bonds. The van der Waals surface area contributed by atoms with E-state index in [0.717, 1.165) is 78.9 Å². The van der Waals surface area contributed by atoms with Crippen LogP contribution in [0, 0.1) is 0 Å². The first-order valence-corrected chi connectivity index (χ1v) is 21.0. The molecule has 9 heterocycles. The molecule has 0 radical (unpaired) electrons. The lowest BCUT2D eigenvalue weighted by Crippen LogP contribution is -2.10. The minimum Gasteiger partial charge on any atom is -0.311 e. The molecule has 4 nitrogen and oxygen atoms in total. The van der Waals surface area contributed by atoms with Crippen molar-refractivity contribution < 1.29 is 0 Å². The number of nitrogens with zero attached hydrogens (tertiary/aromatic N) is 4. The van der Waals surface area contributed by atoms with Gasteiger partial charge in [0.25, 0.3) is 0 Å². The molecule has 292 valence electrons. The van der Waals surface area contributed by atoms with E-state index >= 15 is 0 Å². The van der Waals surface area contributed by atoms with Gasteiger partial charge in [-0.05, 0) is 142 Å². The van der Waals surface area contributed by atoms with Crippen LogP contribution in [0.15, 0.2) is 243 Å². The van der Waals surface area contributed by atoms with E-state index in [1.54, 1.807) is 0 Å². The Morgan fingerprint density at radius 3 is 0.661 bits per heavy atom. The van der Waals surface area contributed by atoms with Crippen molar-refractivity contribution >= 4 is 34.1 Å². The number of benzene rings is 8. The predicted molar refractivity (Wildman–Crippen MR) is 258 cm³/mol. The molecule has 0 spiro atoms. The summed E-state index contributed by atoms with van der Waals surface area (Å²) in [5.41, 5.74) is 19.8. The standard InChI is InChI=1S/C58H40N4/c1-2-10-54-42-17-29-48(30-18-42)62(52-37-25-46(26-38-52)58-14-6-8-40-60-58)50-33-21-44(22-34-50)56-12-4-3-11-55(56)43-19-31-49(32-20-43)61(47-27-15-41(16-28-47)53(54)9-1)51-35-23-45(24-36-51)57-13-5-7-39-59-57/h1-40H. The van der Waals surface area contributed by atoms with Crippen LogP contribution in [-0.4, -0.2) is 9.97 Å². The minimum atomic E-state index is 0.955. The Bertz CT molecular complexity index is 2760. The first-order chi connectivity index (χ1) is 30.7. The highest BCUT2D eigenvalue weighted by atomic mass is 15.1. The summed E-state index contributed by atoms with van der Waals surface area (Å²) in [7, 11) is 0. The fraction of sp³-hybridized carbons (Fsp3) is 0. The highest BCUT2D eigenvalue weighted by Crippen LogP contribution is 2.42. The van der Waals surface area contributed by atoms with Crippen molar-refractivity contribution in [3.05, 3.63) is 243 Å². The number of hydrogen-bond donors (Lipinski definition) is 0. The monoisotopic (exact) mass is 792 g/mol. The second-order valence-corrected chi connectivity index (χ2v) is 15.5. The maximum absolute atomic E-state index is 4.59. The van der Waals surface area contributed by atoms with Crippen LogP contribution >= 0.6 is 0 Å². The molecule has 62 heavy (non-hydrogen) atoms. The van der Waals surface area contributed by atoms with E-state index in [4.69, 9.17) is 0 Å². The molecule has 4 heteroatoms. The highest BCUT2D eigenvalue weighted by Gasteiger charge is 2.18. The number of pyridine rings is 2. The number of aromatic nitrogens is 2. The van der Waals surface area contributed by atoms with Gasteiger partial charge in [0.2, 0.25) is 0 Å². The molecule has 8 bridgehead atoms. The molecule has 2 aromatic heterocycles. The third-order valence-corrected chi connectivity index (χ3v) is 11.8. The van der Waals surface area contributed by atoms with Gasteiger partial charge in [-0.1, -0.05) is 133 Å². The SMILES string of the molecule is c1ccc(-c2ccc(N3c4ccc(cc4)-c4ccccc4-c4ccc(cc4)N(c4ccc(-c5ccccn5)cc4)c4ccc(cc4)-c4ccccc4-c4ccc3cc4)cc2)nc1. The third kappa shape index (κ3) is 7.00. The summed E-state index contributed by atoms with van der Waals surface area (Å²) in [5, 5.41) is 0. The molecule has 7 aliphatic heterocycles. The Morgan fingerprint density at radius 1 is 0.210 bits per heavy atom. The maximum atomic E-state index is 4.59. The quantitative estimate of drug-likeness (QED) is 0.178. The van der Waals surface area contributed by atoms with Crippen molar-refractivity contribution in [1.29, 1.82) is 0 Å². The van der Waals surface area contributed by atoms with Crippen LogP contribution in [0.5, 0.6) is 0 Å². The van der Waals surface area contributed by atoms with Gasteiger partial charge in [0.1, 0.15) is 0 Å². The highest BCUT2D eigenvalue weighted by molar-refractivity contribution is 5.89. The van der Waals surface area contributed by atoms with Crippen LogP contribution in [0.4, 0.5) is 34.1 Å². The molecule has 0 fully saturated rings. The Labute approximate surface area is 362 Å². The van der Waals surface area contributed by atoms with E-state index in [9.17, 15) is 0 Å². The Morgan fingerprint density at radius 2 is 0.435 bits per heavy atom. The van der Waals surface area contributed by atoms with Crippen LogP contribution < -0.4 is 9.80 Å². The molecule has 17 rings (SSSR count). The molecule has 0 atom stereocenters. The summed E-state index contributed by atoms with van der Waals surface area (Å²) in [6, 6.07) is 82.6. The van der Waals surface area contributed by atoms with E-state index < -0.39 is 0 Å². The van der Waals surface area contributed by atoms with Crippen LogP contribution in [-0.2, 0) is 0 Å². The molecule has 10 aromatic rings. The van der Waals surface area contributed by atoms with E-state index in [1.165, 1.54) is 22.3 Å². The molecule has 0 aliphatic carbocycles. The van der Waals surface area contributed by atoms with Crippen LogP contribution in [0.2, 0.25) is 0 Å². The topological polar surface area (TPSA) is 32.3 Å². The Balaban J connectivity index is 1.05. The van der Waals surface area contributed by atoms with E-state index in [2.05, 4.69) is 214 Å². The van der Waals surface area contributed by atoms with Gasteiger partial charge in [0.15, 0.2) is 0 Å². The summed E-state index contributed by atoms with van der Waals surface area (Å²) in [4.78, 5) is 13.8. The van der Waals surface area contributed by atoms with Gasteiger partial charge in [-0.3, -0.25) is 9.97 Å². The zero-order valence-electron chi connectivity index (χ0n) is 33.9. The molecule has 0 saturated heterocycles. The first-order valence-electron chi connectivity index (χ1n) is 21.0. The zero-order chi connectivity index (χ0) is 41.2. The molecular weight excluding hydrogens is 753 g/mol. The van der Waals surface area contributed by atoms with E-state index in [0.29, 0.717) is 0 Å². The minimum absolute atomic E-state index is 0.955. The van der Waals surface area contributed by atoms with Gasteiger partial charge in [-0.2, -0.15) is 0 Å². The summed E-state index contributed by atoms with van der Waals surface area (Å²) in [5.74, 6) is 0. The summed E-state index contributed by atoms with van der Waals surface area (Å²) in [6.07, 6.45) is 3.68. The first kappa shape index (κ1) is 36.7. The lowest BCUT2D eigenvalue weighted by molar-refractivity contribution is 1.27. The zero-order valence-corrected chi connectivity index (χ0v) is 33.9. The summed E-state index contributed by atoms with van der Waals surface area (Å²) >= 11 is 0.